The van der Waals surface area contributed by atoms with Gasteiger partial charge in [-0.1, -0.05) is 0 Å². The van der Waals surface area contributed by atoms with E-state index in [1.54, 1.807) is 0 Å². The first-order chi connectivity index (χ1) is 9.93. The zero-order valence-electron chi connectivity index (χ0n) is 10.9. The Morgan fingerprint density at radius 2 is 0.636 bits per heavy atom. The molecule has 12 nitrogen and oxygen atoms in total. The maximum absolute atomic E-state index is 10.4. The number of carboxylic acids is 2. The maximum Gasteiger partial charge on any atom is 0.335 e. The lowest BCUT2D eigenvalue weighted by molar-refractivity contribution is -0.189. The van der Waals surface area contributed by atoms with Gasteiger partial charge in [-0.3, -0.25) is 0 Å². The summed E-state index contributed by atoms with van der Waals surface area (Å²) in [6.45, 7) is 0. The van der Waals surface area contributed by atoms with E-state index in [1.807, 2.05) is 0 Å². The van der Waals surface area contributed by atoms with Crippen LogP contribution in [0.5, 0.6) is 0 Å². The third-order valence-electron chi connectivity index (χ3n) is 2.90. The Hall–Kier alpha value is -1.38. The van der Waals surface area contributed by atoms with E-state index >= 15 is 0 Å². The van der Waals surface area contributed by atoms with Gasteiger partial charge in [0.25, 0.3) is 0 Å². The quantitative estimate of drug-likeness (QED) is 0.190. The molecule has 8 atom stereocenters. The number of hydrogen-bond donors (Lipinski definition) is 10. The summed E-state index contributed by atoms with van der Waals surface area (Å²) < 4.78 is 0. The van der Waals surface area contributed by atoms with E-state index < -0.39 is 60.8 Å². The molecule has 0 amide bonds. The molecule has 0 rings (SSSR count). The molecule has 0 fully saturated rings. The van der Waals surface area contributed by atoms with Gasteiger partial charge < -0.3 is 51.1 Å². The number of aliphatic hydroxyl groups excluding tert-OH is 8. The van der Waals surface area contributed by atoms with Crippen LogP contribution in [0.4, 0.5) is 0 Å². The molecule has 0 saturated heterocycles. The van der Waals surface area contributed by atoms with E-state index in [-0.39, 0.29) is 0 Å². The summed E-state index contributed by atoms with van der Waals surface area (Å²) in [7, 11) is 0. The van der Waals surface area contributed by atoms with Gasteiger partial charge in [-0.2, -0.15) is 0 Å². The van der Waals surface area contributed by atoms with Crippen molar-refractivity contribution in [1.29, 1.82) is 0 Å². The lowest BCUT2D eigenvalue weighted by Crippen LogP contribution is -2.57. The van der Waals surface area contributed by atoms with Crippen LogP contribution in [-0.2, 0) is 9.59 Å². The molecule has 0 aliphatic heterocycles. The monoisotopic (exact) mass is 330 g/mol. The molecule has 0 aliphatic carbocycles. The first-order valence-corrected chi connectivity index (χ1v) is 5.83. The van der Waals surface area contributed by atoms with Gasteiger partial charge in [0, 0.05) is 0 Å². The smallest absolute Gasteiger partial charge is 0.335 e. The summed E-state index contributed by atoms with van der Waals surface area (Å²) in [5.74, 6) is -3.90. The Morgan fingerprint density at radius 1 is 0.455 bits per heavy atom. The van der Waals surface area contributed by atoms with Crippen molar-refractivity contribution in [2.24, 2.45) is 0 Å². The van der Waals surface area contributed by atoms with Crippen molar-refractivity contribution in [3.8, 4) is 0 Å². The van der Waals surface area contributed by atoms with Crippen LogP contribution in [0.2, 0.25) is 0 Å². The van der Waals surface area contributed by atoms with E-state index in [1.165, 1.54) is 0 Å². The molecule has 22 heavy (non-hydrogen) atoms. The van der Waals surface area contributed by atoms with Crippen LogP contribution in [0, 0.1) is 0 Å². The molecule has 12 heteroatoms. The molecule has 130 valence electrons. The highest BCUT2D eigenvalue weighted by molar-refractivity contribution is 5.73. The average Bonchev–Trinajstić information content (AvgIpc) is 2.48. The van der Waals surface area contributed by atoms with Crippen molar-refractivity contribution in [3.63, 3.8) is 0 Å². The van der Waals surface area contributed by atoms with Gasteiger partial charge in [0.1, 0.15) is 36.6 Å². The minimum absolute atomic E-state index is 1.95. The van der Waals surface area contributed by atoms with Gasteiger partial charge >= 0.3 is 11.9 Å². The van der Waals surface area contributed by atoms with Gasteiger partial charge in [0.2, 0.25) is 0 Å². The first-order valence-electron chi connectivity index (χ1n) is 5.83. The molecular weight excluding hydrogens is 312 g/mol. The Balaban J connectivity index is 4.93. The molecule has 0 heterocycles. The second kappa shape index (κ2) is 8.30. The average molecular weight is 330 g/mol. The van der Waals surface area contributed by atoms with Crippen molar-refractivity contribution in [3.05, 3.63) is 0 Å². The number of aliphatic carboxylic acids is 2. The summed E-state index contributed by atoms with van der Waals surface area (Å²) in [6.07, 6.45) is -19.9. The first kappa shape index (κ1) is 20.6. The Kier molecular flexibility index (Phi) is 7.78. The summed E-state index contributed by atoms with van der Waals surface area (Å²) in [6, 6.07) is 0. The molecule has 0 saturated carbocycles. The van der Waals surface area contributed by atoms with Crippen LogP contribution in [0.15, 0.2) is 0 Å². The zero-order valence-corrected chi connectivity index (χ0v) is 10.9. The maximum atomic E-state index is 10.4. The fourth-order valence-electron chi connectivity index (χ4n) is 1.47. The number of carbonyl (C=O) groups is 2. The summed E-state index contributed by atoms with van der Waals surface area (Å²) in [5.41, 5.74) is 0. The molecule has 0 aromatic heterocycles. The van der Waals surface area contributed by atoms with Crippen LogP contribution < -0.4 is 0 Å². The standard InChI is InChI=1S/C10H18O12/c11-1(3(13)5(15)7(17)9(19)20)2(12)4(14)6(16)8(18)10(21)22/h1-8,11-18H,(H,19,20)(H,21,22)/t1-,2+,3-,4+,5+,6-,7-,8+. The minimum Gasteiger partial charge on any atom is -0.479 e. The summed E-state index contributed by atoms with van der Waals surface area (Å²) in [4.78, 5) is 20.8. The molecule has 0 radical (unpaired) electrons. The van der Waals surface area contributed by atoms with Gasteiger partial charge in [-0.15, -0.1) is 0 Å². The van der Waals surface area contributed by atoms with Crippen LogP contribution in [0.3, 0.4) is 0 Å². The molecule has 0 aromatic rings. The Bertz CT molecular complexity index is 350. The van der Waals surface area contributed by atoms with Gasteiger partial charge in [0.15, 0.2) is 12.2 Å². The third kappa shape index (κ3) is 4.82. The number of hydrogen-bond acceptors (Lipinski definition) is 10. The number of carboxylic acid groups (broad SMARTS) is 2. The predicted molar refractivity (Wildman–Crippen MR) is 63.3 cm³/mol. The van der Waals surface area contributed by atoms with E-state index in [0.29, 0.717) is 0 Å². The van der Waals surface area contributed by atoms with Gasteiger partial charge in [-0.25, -0.2) is 9.59 Å². The van der Waals surface area contributed by atoms with Crippen molar-refractivity contribution in [2.45, 2.75) is 48.8 Å². The van der Waals surface area contributed by atoms with Crippen molar-refractivity contribution >= 4 is 11.9 Å². The summed E-state index contributed by atoms with van der Waals surface area (Å²) in [5, 5.41) is 91.0. The normalized spacial score (nSPS) is 22.7. The third-order valence-corrected chi connectivity index (χ3v) is 2.90. The van der Waals surface area contributed by atoms with E-state index in [9.17, 15) is 40.2 Å². The summed E-state index contributed by atoms with van der Waals surface area (Å²) >= 11 is 0. The molecule has 0 bridgehead atoms. The molecule has 0 spiro atoms. The molecule has 0 aliphatic rings. The molecule has 0 aromatic carbocycles. The second-order valence-corrected chi connectivity index (χ2v) is 4.51. The Morgan fingerprint density at radius 3 is 0.818 bits per heavy atom. The van der Waals surface area contributed by atoms with Crippen LogP contribution in [-0.4, -0.2) is 112 Å². The van der Waals surface area contributed by atoms with Gasteiger partial charge in [-0.05, 0) is 0 Å². The van der Waals surface area contributed by atoms with E-state index in [4.69, 9.17) is 20.4 Å². The highest BCUT2D eigenvalue weighted by Gasteiger charge is 2.43. The lowest BCUT2D eigenvalue weighted by Gasteiger charge is -2.32. The van der Waals surface area contributed by atoms with Crippen LogP contribution in [0.1, 0.15) is 0 Å². The zero-order chi connectivity index (χ0) is 17.8. The van der Waals surface area contributed by atoms with Crippen molar-refractivity contribution in [2.75, 3.05) is 0 Å². The minimum atomic E-state index is -2.52. The van der Waals surface area contributed by atoms with Crippen LogP contribution in [0.25, 0.3) is 0 Å². The van der Waals surface area contributed by atoms with Crippen LogP contribution >= 0.6 is 0 Å². The molecular formula is C10H18O12. The van der Waals surface area contributed by atoms with Crippen molar-refractivity contribution in [1.82, 2.24) is 0 Å². The van der Waals surface area contributed by atoms with Crippen molar-refractivity contribution < 1.29 is 60.7 Å². The highest BCUT2D eigenvalue weighted by Crippen LogP contribution is 2.14. The predicted octanol–water partition coefficient (Wildman–Crippen LogP) is -5.96. The molecule has 10 N–H and O–H groups in total. The fraction of sp³-hybridized carbons (Fsp3) is 0.800. The van der Waals surface area contributed by atoms with E-state index in [2.05, 4.69) is 0 Å². The largest absolute Gasteiger partial charge is 0.479 e. The van der Waals surface area contributed by atoms with Gasteiger partial charge in [0.05, 0.1) is 0 Å². The fourth-order valence-corrected chi connectivity index (χ4v) is 1.47. The SMILES string of the molecule is O=C(O)[C@@H](O)[C@H](O)[C@@H](O)[C@@H](O)[C@@H](O)[C@@H](O)[C@H](O)[C@@H](O)C(=O)O. The molecule has 0 unspecified atom stereocenters. The number of rotatable bonds is 9. The topological polar surface area (TPSA) is 236 Å². The number of aliphatic hydroxyl groups is 8. The second-order valence-electron chi connectivity index (χ2n) is 4.51. The lowest BCUT2D eigenvalue weighted by atomic mass is 9.93. The highest BCUT2D eigenvalue weighted by atomic mass is 16.4. The van der Waals surface area contributed by atoms with E-state index in [0.717, 1.165) is 0 Å². The Labute approximate surface area is 122 Å².